The van der Waals surface area contributed by atoms with Gasteiger partial charge in [0.05, 0.1) is 12.7 Å². The van der Waals surface area contributed by atoms with Crippen LogP contribution in [0.3, 0.4) is 0 Å². The minimum atomic E-state index is -0.957. The van der Waals surface area contributed by atoms with E-state index in [0.717, 1.165) is 16.4 Å². The number of carbonyl (C=O) groups excluding carboxylic acids is 1. The fraction of sp³-hybridized carbons (Fsp3) is 0.792. The average Bonchev–Trinajstić information content (AvgIpc) is 3.27. The Morgan fingerprint density at radius 2 is 1.68 bits per heavy atom. The second kappa shape index (κ2) is 10.0. The van der Waals surface area contributed by atoms with Crippen LogP contribution < -0.4 is 0 Å². The summed E-state index contributed by atoms with van der Waals surface area (Å²) in [5.74, 6) is -2.23. The van der Waals surface area contributed by atoms with E-state index in [9.17, 15) is 9.90 Å². The summed E-state index contributed by atoms with van der Waals surface area (Å²) >= 11 is 2.20. The minimum Gasteiger partial charge on any atom is -0.466 e. The Morgan fingerprint density at radius 3 is 2.32 bits per heavy atom. The molecule has 0 aromatic rings. The van der Waals surface area contributed by atoms with E-state index in [4.69, 9.17) is 33.2 Å². The Labute approximate surface area is 214 Å². The van der Waals surface area contributed by atoms with Gasteiger partial charge in [0.2, 0.25) is 0 Å². The van der Waals surface area contributed by atoms with Gasteiger partial charge in [-0.25, -0.2) is 4.79 Å². The molecule has 2 fully saturated rings. The van der Waals surface area contributed by atoms with E-state index in [1.807, 2.05) is 19.9 Å². The number of esters is 1. The molecule has 4 rings (SSSR count). The second-order valence-corrected chi connectivity index (χ2v) is 11.2. The van der Waals surface area contributed by atoms with Crippen molar-refractivity contribution in [3.8, 4) is 0 Å². The lowest BCUT2D eigenvalue weighted by molar-refractivity contribution is -0.196. The molecule has 34 heavy (non-hydrogen) atoms. The van der Waals surface area contributed by atoms with Gasteiger partial charge in [0, 0.05) is 10.2 Å². The Hall–Kier alpha value is -0.600. The first kappa shape index (κ1) is 26.5. The Kier molecular flexibility index (Phi) is 7.82. The molecule has 1 N–H and O–H groups in total. The number of fused-ring (bicyclic) bond motifs is 2. The van der Waals surface area contributed by atoms with Crippen molar-refractivity contribution >= 4 is 28.6 Å². The molecule has 0 saturated carbocycles. The fourth-order valence-corrected chi connectivity index (χ4v) is 5.71. The zero-order chi connectivity index (χ0) is 24.8. The van der Waals surface area contributed by atoms with Gasteiger partial charge in [-0.2, -0.15) is 0 Å². The van der Waals surface area contributed by atoms with Crippen molar-refractivity contribution in [2.24, 2.45) is 0 Å². The van der Waals surface area contributed by atoms with Gasteiger partial charge in [0.25, 0.3) is 0 Å². The molecule has 9 nitrogen and oxygen atoms in total. The number of ether oxygens (including phenoxy) is 7. The Balaban J connectivity index is 1.64. The van der Waals surface area contributed by atoms with Crippen LogP contribution >= 0.6 is 22.6 Å². The maximum absolute atomic E-state index is 12.6. The quantitative estimate of drug-likeness (QED) is 0.271. The molecular formula is C24H35IO9. The van der Waals surface area contributed by atoms with Crippen LogP contribution in [0.15, 0.2) is 21.3 Å². The van der Waals surface area contributed by atoms with Crippen molar-refractivity contribution in [1.82, 2.24) is 0 Å². The van der Waals surface area contributed by atoms with E-state index in [1.165, 1.54) is 7.11 Å². The highest BCUT2D eigenvalue weighted by Gasteiger charge is 2.56. The summed E-state index contributed by atoms with van der Waals surface area (Å²) in [5.41, 5.74) is 0.350. The lowest BCUT2D eigenvalue weighted by atomic mass is 9.88. The van der Waals surface area contributed by atoms with Crippen LogP contribution in [0, 0.1) is 0 Å². The monoisotopic (exact) mass is 594 g/mol. The lowest BCUT2D eigenvalue weighted by Crippen LogP contribution is -2.55. The highest BCUT2D eigenvalue weighted by atomic mass is 127. The minimum absolute atomic E-state index is 0.350. The van der Waals surface area contributed by atoms with E-state index in [2.05, 4.69) is 29.5 Å². The van der Waals surface area contributed by atoms with Crippen LogP contribution in [0.2, 0.25) is 0 Å². The van der Waals surface area contributed by atoms with E-state index in [-0.39, 0.29) is 6.10 Å². The van der Waals surface area contributed by atoms with Crippen molar-refractivity contribution < 1.29 is 43.1 Å². The first-order valence-electron chi connectivity index (χ1n) is 11.8. The zero-order valence-electron chi connectivity index (χ0n) is 20.5. The number of methoxy groups -OCH3 is 1. The normalized spacial score (nSPS) is 40.2. The number of rotatable bonds is 7. The van der Waals surface area contributed by atoms with Gasteiger partial charge < -0.3 is 38.3 Å². The number of hydrogen-bond donors (Lipinski definition) is 1. The molecule has 6 unspecified atom stereocenters. The van der Waals surface area contributed by atoms with Crippen LogP contribution in [0.1, 0.15) is 47.5 Å². The summed E-state index contributed by atoms with van der Waals surface area (Å²) in [5, 5.41) is 11.2. The summed E-state index contributed by atoms with van der Waals surface area (Å²) in [6.45, 7) is 9.80. The maximum Gasteiger partial charge on any atom is 0.336 e. The topological polar surface area (TPSA) is 102 Å². The van der Waals surface area contributed by atoms with Gasteiger partial charge in [-0.05, 0) is 68.9 Å². The van der Waals surface area contributed by atoms with Crippen LogP contribution in [-0.2, 0) is 38.0 Å². The van der Waals surface area contributed by atoms with Crippen molar-refractivity contribution in [3.05, 3.63) is 21.3 Å². The van der Waals surface area contributed by atoms with Crippen LogP contribution in [0.4, 0.5) is 0 Å². The smallest absolute Gasteiger partial charge is 0.336 e. The average molecular weight is 594 g/mol. The third-order valence-corrected chi connectivity index (χ3v) is 7.34. The number of halogens is 1. The second-order valence-electron chi connectivity index (χ2n) is 9.95. The summed E-state index contributed by atoms with van der Waals surface area (Å²) in [7, 11) is 1.33. The standard InChI is InChI=1S/C24H35IO9/c1-7-8-9-29-15-10-12(22(27)28-6)17-21(34-23(2,3)31-17)19(15)30-14-11-13(25)18-20(16(14)26)33-24(4,5)32-18/h10-11,14-21,26H,7-9H2,1-6H3/t14?,15?,16-,17?,18?,19-,20?,21?/m1/s1. The predicted molar refractivity (Wildman–Crippen MR) is 129 cm³/mol. The number of carbonyl (C=O) groups is 1. The summed E-state index contributed by atoms with van der Waals surface area (Å²) in [6, 6.07) is 0. The summed E-state index contributed by atoms with van der Waals surface area (Å²) < 4.78 is 42.8. The number of aliphatic hydroxyl groups excluding tert-OH is 1. The van der Waals surface area contributed by atoms with Gasteiger partial charge >= 0.3 is 5.97 Å². The van der Waals surface area contributed by atoms with E-state index in [1.54, 1.807) is 19.9 Å². The Morgan fingerprint density at radius 1 is 1.03 bits per heavy atom. The zero-order valence-corrected chi connectivity index (χ0v) is 22.6. The van der Waals surface area contributed by atoms with Crippen molar-refractivity contribution in [2.45, 2.75) is 108 Å². The van der Waals surface area contributed by atoms with Gasteiger partial charge in [0.1, 0.15) is 48.8 Å². The van der Waals surface area contributed by atoms with Gasteiger partial charge in [-0.1, -0.05) is 13.3 Å². The number of aliphatic hydroxyl groups is 1. The molecule has 0 aromatic heterocycles. The Bertz CT molecular complexity index is 838. The maximum atomic E-state index is 12.6. The molecule has 0 bridgehead atoms. The molecule has 0 spiro atoms. The highest BCUT2D eigenvalue weighted by molar-refractivity contribution is 14.1. The SMILES string of the molecule is CCCCOC1C=C(C(=O)OC)C2OC(C)(C)OC2[C@@H]1OC1C=C(I)C2OC(C)(C)OC2[C@@H]1O. The van der Waals surface area contributed by atoms with Gasteiger partial charge in [-0.3, -0.25) is 0 Å². The first-order valence-corrected chi connectivity index (χ1v) is 12.9. The lowest BCUT2D eigenvalue weighted by Gasteiger charge is -2.40. The van der Waals surface area contributed by atoms with Crippen molar-refractivity contribution in [2.75, 3.05) is 13.7 Å². The predicted octanol–water partition coefficient (Wildman–Crippen LogP) is 2.77. The molecule has 0 amide bonds. The van der Waals surface area contributed by atoms with Crippen LogP contribution in [0.25, 0.3) is 0 Å². The molecule has 2 aliphatic heterocycles. The van der Waals surface area contributed by atoms with E-state index >= 15 is 0 Å². The van der Waals surface area contributed by atoms with Crippen LogP contribution in [0.5, 0.6) is 0 Å². The molecule has 4 aliphatic rings. The van der Waals surface area contributed by atoms with E-state index in [0.29, 0.717) is 12.2 Å². The number of hydrogen-bond acceptors (Lipinski definition) is 9. The first-order chi connectivity index (χ1) is 16.0. The summed E-state index contributed by atoms with van der Waals surface area (Å²) in [6.07, 6.45) is 0.295. The van der Waals surface area contributed by atoms with Crippen LogP contribution in [-0.4, -0.2) is 85.2 Å². The summed E-state index contributed by atoms with van der Waals surface area (Å²) in [4.78, 5) is 12.6. The highest BCUT2D eigenvalue weighted by Crippen LogP contribution is 2.43. The van der Waals surface area contributed by atoms with Gasteiger partial charge in [0.15, 0.2) is 11.6 Å². The molecule has 2 heterocycles. The molecule has 192 valence electrons. The molecule has 8 atom stereocenters. The third kappa shape index (κ3) is 5.24. The fourth-order valence-electron chi connectivity index (χ4n) is 4.88. The molecule has 10 heteroatoms. The van der Waals surface area contributed by atoms with Gasteiger partial charge in [-0.15, -0.1) is 0 Å². The molecule has 0 aromatic carbocycles. The number of unbranched alkanes of at least 4 members (excludes halogenated alkanes) is 1. The molecule has 2 aliphatic carbocycles. The largest absolute Gasteiger partial charge is 0.466 e. The van der Waals surface area contributed by atoms with Crippen molar-refractivity contribution in [3.63, 3.8) is 0 Å². The molecular weight excluding hydrogens is 559 g/mol. The van der Waals surface area contributed by atoms with E-state index < -0.39 is 60.3 Å². The third-order valence-electron chi connectivity index (χ3n) is 6.37. The molecule has 0 radical (unpaired) electrons. The molecule has 2 saturated heterocycles. The van der Waals surface area contributed by atoms with Crippen molar-refractivity contribution in [1.29, 1.82) is 0 Å².